The zero-order valence-electron chi connectivity index (χ0n) is 17.2. The van der Waals surface area contributed by atoms with Gasteiger partial charge in [0.05, 0.1) is 11.0 Å². The molecule has 0 unspecified atom stereocenters. The van der Waals surface area contributed by atoms with Crippen molar-refractivity contribution in [2.24, 2.45) is 0 Å². The van der Waals surface area contributed by atoms with Crippen LogP contribution in [0.2, 0.25) is 0 Å². The Morgan fingerprint density at radius 3 is 2.39 bits per heavy atom. The molecule has 0 aliphatic heterocycles. The van der Waals surface area contributed by atoms with Crippen molar-refractivity contribution in [3.05, 3.63) is 69.2 Å². The molecule has 156 valence electrons. The van der Waals surface area contributed by atoms with Gasteiger partial charge in [0.2, 0.25) is 0 Å². The lowest BCUT2D eigenvalue weighted by molar-refractivity contribution is 0.189. The smallest absolute Gasteiger partial charge is 0.265 e. The Hall–Kier alpha value is -3.10. The van der Waals surface area contributed by atoms with Gasteiger partial charge in [-0.2, -0.15) is 0 Å². The second kappa shape index (κ2) is 7.86. The number of methoxy groups -OCH3 is 1. The molecule has 31 heavy (non-hydrogen) atoms. The maximum absolute atomic E-state index is 13.6. The number of halogens is 1. The lowest BCUT2D eigenvalue weighted by Crippen LogP contribution is -2.24. The number of nitrogens with zero attached hydrogens (tertiary/aromatic N) is 5. The number of fused-ring (bicyclic) bond motifs is 4. The molecule has 0 fully saturated rings. The first-order valence-electron chi connectivity index (χ1n) is 10.0. The summed E-state index contributed by atoms with van der Waals surface area (Å²) in [5.74, 6) is 0.652. The van der Waals surface area contributed by atoms with E-state index < -0.39 is 0 Å². The van der Waals surface area contributed by atoms with Gasteiger partial charge in [-0.05, 0) is 49.7 Å². The molecule has 5 aromatic rings. The van der Waals surface area contributed by atoms with Gasteiger partial charge in [0.25, 0.3) is 5.56 Å². The first-order chi connectivity index (χ1) is 15.1. The fourth-order valence-electron chi connectivity index (χ4n) is 3.90. The molecule has 0 aliphatic carbocycles. The van der Waals surface area contributed by atoms with E-state index in [2.05, 4.69) is 15.9 Å². The summed E-state index contributed by atoms with van der Waals surface area (Å²) in [4.78, 5) is 28.1. The van der Waals surface area contributed by atoms with Crippen molar-refractivity contribution in [1.82, 2.24) is 24.1 Å². The van der Waals surface area contributed by atoms with Crippen LogP contribution in [0.1, 0.15) is 12.2 Å². The van der Waals surface area contributed by atoms with Crippen LogP contribution >= 0.6 is 15.9 Å². The van der Waals surface area contributed by atoms with E-state index in [1.807, 2.05) is 60.0 Å². The Morgan fingerprint density at radius 1 is 0.968 bits per heavy atom. The molecular weight excluding hydrogens is 458 g/mol. The van der Waals surface area contributed by atoms with Gasteiger partial charge in [-0.1, -0.05) is 28.1 Å². The summed E-state index contributed by atoms with van der Waals surface area (Å²) in [6.45, 7) is 2.97. The third-order valence-electron chi connectivity index (χ3n) is 5.37. The molecule has 0 amide bonds. The summed E-state index contributed by atoms with van der Waals surface area (Å²) in [6, 6.07) is 15.5. The molecule has 7 nitrogen and oxygen atoms in total. The van der Waals surface area contributed by atoms with E-state index in [0.29, 0.717) is 41.2 Å². The second-order valence-corrected chi connectivity index (χ2v) is 8.27. The summed E-state index contributed by atoms with van der Waals surface area (Å²) in [5, 5.41) is 0.485. The van der Waals surface area contributed by atoms with Crippen LogP contribution in [0.15, 0.2) is 57.8 Å². The quantitative estimate of drug-likeness (QED) is 0.351. The number of aromatic nitrogens is 5. The standard InChI is InChI=1S/C23H20BrN5O2/c1-14-25-21-19(23(30)28(14)12-5-13-31-2)20-22(27-18-7-4-3-6-17(18)26-20)29(21)16-10-8-15(24)9-11-16/h3-4,6-11H,5,12-13H2,1-2H3. The average molecular weight is 478 g/mol. The highest BCUT2D eigenvalue weighted by atomic mass is 79.9. The van der Waals surface area contributed by atoms with Crippen molar-refractivity contribution in [2.45, 2.75) is 19.9 Å². The first-order valence-corrected chi connectivity index (χ1v) is 10.8. The highest BCUT2D eigenvalue weighted by Crippen LogP contribution is 2.29. The highest BCUT2D eigenvalue weighted by molar-refractivity contribution is 9.10. The Balaban J connectivity index is 1.90. The third-order valence-corrected chi connectivity index (χ3v) is 5.90. The molecule has 0 aliphatic rings. The maximum Gasteiger partial charge on any atom is 0.265 e. The number of hydrogen-bond acceptors (Lipinski definition) is 5. The van der Waals surface area contributed by atoms with Crippen LogP contribution in [0.3, 0.4) is 0 Å². The van der Waals surface area contributed by atoms with Gasteiger partial charge in [-0.25, -0.2) is 15.0 Å². The van der Waals surface area contributed by atoms with Crippen LogP contribution in [0.5, 0.6) is 0 Å². The fraction of sp³-hybridized carbons (Fsp3) is 0.217. The van der Waals surface area contributed by atoms with Crippen LogP contribution in [0.25, 0.3) is 38.9 Å². The van der Waals surface area contributed by atoms with Gasteiger partial charge < -0.3 is 4.74 Å². The van der Waals surface area contributed by atoms with Crippen molar-refractivity contribution >= 4 is 49.2 Å². The van der Waals surface area contributed by atoms with Gasteiger partial charge in [0, 0.05) is 30.4 Å². The lowest BCUT2D eigenvalue weighted by atomic mass is 10.3. The van der Waals surface area contributed by atoms with Crippen molar-refractivity contribution in [2.75, 3.05) is 13.7 Å². The molecule has 0 N–H and O–H groups in total. The molecule has 0 spiro atoms. The van der Waals surface area contributed by atoms with Crippen molar-refractivity contribution < 1.29 is 4.74 Å². The largest absolute Gasteiger partial charge is 0.385 e. The number of para-hydroxylation sites is 2. The molecule has 5 rings (SSSR count). The van der Waals surface area contributed by atoms with Crippen LogP contribution in [0, 0.1) is 6.92 Å². The van der Waals surface area contributed by atoms with Gasteiger partial charge in [-0.3, -0.25) is 13.9 Å². The van der Waals surface area contributed by atoms with Crippen LogP contribution in [-0.2, 0) is 11.3 Å². The van der Waals surface area contributed by atoms with Crippen LogP contribution in [-0.4, -0.2) is 37.8 Å². The zero-order valence-corrected chi connectivity index (χ0v) is 18.8. The minimum Gasteiger partial charge on any atom is -0.385 e. The van der Waals surface area contributed by atoms with E-state index in [1.165, 1.54) is 0 Å². The van der Waals surface area contributed by atoms with E-state index in [-0.39, 0.29) is 5.56 Å². The normalized spacial score (nSPS) is 11.7. The molecule has 8 heteroatoms. The molecule has 0 radical (unpaired) electrons. The van der Waals surface area contributed by atoms with Gasteiger partial charge in [-0.15, -0.1) is 0 Å². The van der Waals surface area contributed by atoms with E-state index in [1.54, 1.807) is 11.7 Å². The summed E-state index contributed by atoms with van der Waals surface area (Å²) < 4.78 is 9.74. The molecule has 2 aromatic carbocycles. The summed E-state index contributed by atoms with van der Waals surface area (Å²) in [5.41, 5.74) is 4.03. The summed E-state index contributed by atoms with van der Waals surface area (Å²) in [7, 11) is 1.66. The minimum atomic E-state index is -0.107. The Morgan fingerprint density at radius 2 is 1.68 bits per heavy atom. The molecule has 3 heterocycles. The number of ether oxygens (including phenoxy) is 1. The topological polar surface area (TPSA) is 74.8 Å². The average Bonchev–Trinajstić information content (AvgIpc) is 3.08. The predicted molar refractivity (Wildman–Crippen MR) is 125 cm³/mol. The lowest BCUT2D eigenvalue weighted by Gasteiger charge is -2.10. The Bertz CT molecular complexity index is 1490. The minimum absolute atomic E-state index is 0.107. The number of aryl methyl sites for hydroxylation is 1. The maximum atomic E-state index is 13.6. The monoisotopic (exact) mass is 477 g/mol. The SMILES string of the molecule is COCCCn1c(C)nc2c(c1=O)c1nc3ccccc3nc1n2-c1ccc(Br)cc1. The van der Waals surface area contributed by atoms with Gasteiger partial charge in [0.15, 0.2) is 11.3 Å². The van der Waals surface area contributed by atoms with E-state index in [4.69, 9.17) is 19.7 Å². The third kappa shape index (κ3) is 3.32. The highest BCUT2D eigenvalue weighted by Gasteiger charge is 2.22. The van der Waals surface area contributed by atoms with Gasteiger partial charge >= 0.3 is 0 Å². The van der Waals surface area contributed by atoms with E-state index in [9.17, 15) is 4.79 Å². The second-order valence-electron chi connectivity index (χ2n) is 7.36. The fourth-order valence-corrected chi connectivity index (χ4v) is 4.16. The molecule has 0 saturated carbocycles. The van der Waals surface area contributed by atoms with Crippen molar-refractivity contribution in [1.29, 1.82) is 0 Å². The van der Waals surface area contributed by atoms with Crippen molar-refractivity contribution in [3.63, 3.8) is 0 Å². The molecule has 0 saturated heterocycles. The molecule has 3 aromatic heterocycles. The Labute approximate surface area is 186 Å². The molecular formula is C23H20BrN5O2. The molecule has 0 atom stereocenters. The van der Waals surface area contributed by atoms with Crippen molar-refractivity contribution in [3.8, 4) is 5.69 Å². The van der Waals surface area contributed by atoms with Crippen LogP contribution < -0.4 is 5.56 Å². The van der Waals surface area contributed by atoms with E-state index in [0.717, 1.165) is 27.6 Å². The number of rotatable bonds is 5. The number of hydrogen-bond donors (Lipinski definition) is 0. The van der Waals surface area contributed by atoms with Crippen LogP contribution in [0.4, 0.5) is 0 Å². The summed E-state index contributed by atoms with van der Waals surface area (Å²) >= 11 is 3.49. The summed E-state index contributed by atoms with van der Waals surface area (Å²) in [6.07, 6.45) is 0.727. The predicted octanol–water partition coefficient (Wildman–Crippen LogP) is 4.39. The Kier molecular flexibility index (Phi) is 5.03. The van der Waals surface area contributed by atoms with E-state index >= 15 is 0 Å². The first kappa shape index (κ1) is 19.8. The molecule has 0 bridgehead atoms. The number of benzene rings is 2. The zero-order chi connectivity index (χ0) is 21.5. The van der Waals surface area contributed by atoms with Gasteiger partial charge in [0.1, 0.15) is 16.7 Å².